The van der Waals surface area contributed by atoms with Crippen LogP contribution in [0.3, 0.4) is 0 Å². The third kappa shape index (κ3) is 5.46. The molecule has 1 aliphatic carbocycles. The van der Waals surface area contributed by atoms with Crippen LogP contribution in [0.1, 0.15) is 75.3 Å². The summed E-state index contributed by atoms with van der Waals surface area (Å²) in [6.45, 7) is 2.34. The van der Waals surface area contributed by atoms with Crippen LogP contribution in [0.4, 0.5) is 0 Å². The van der Waals surface area contributed by atoms with E-state index < -0.39 is 0 Å². The molecule has 2 aromatic carbocycles. The lowest BCUT2D eigenvalue weighted by Gasteiger charge is -2.34. The van der Waals surface area contributed by atoms with E-state index >= 15 is 0 Å². The van der Waals surface area contributed by atoms with E-state index in [1.807, 2.05) is 0 Å². The van der Waals surface area contributed by atoms with Crippen molar-refractivity contribution >= 4 is 0 Å². The van der Waals surface area contributed by atoms with Crippen molar-refractivity contribution in [1.82, 2.24) is 0 Å². The summed E-state index contributed by atoms with van der Waals surface area (Å²) in [4.78, 5) is 0. The Morgan fingerprint density at radius 2 is 1.48 bits per heavy atom. The molecule has 0 radical (unpaired) electrons. The molecule has 0 aromatic heterocycles. The SMILES string of the molecule is CCCC(CC1CCCCC1CCc1ccccc1)c1ccccc1. The predicted molar refractivity (Wildman–Crippen MR) is 109 cm³/mol. The maximum atomic E-state index is 2.35. The second kappa shape index (κ2) is 9.80. The summed E-state index contributed by atoms with van der Waals surface area (Å²) in [5.74, 6) is 2.61. The first-order valence-electron chi connectivity index (χ1n) is 10.5. The van der Waals surface area contributed by atoms with Gasteiger partial charge in [0.05, 0.1) is 0 Å². The maximum absolute atomic E-state index is 2.35. The molecular formula is C25H34. The Balaban J connectivity index is 1.63. The molecule has 2 aromatic rings. The van der Waals surface area contributed by atoms with Crippen molar-refractivity contribution in [1.29, 1.82) is 0 Å². The monoisotopic (exact) mass is 334 g/mol. The Hall–Kier alpha value is -1.56. The second-order valence-electron chi connectivity index (χ2n) is 7.96. The summed E-state index contributed by atoms with van der Waals surface area (Å²) < 4.78 is 0. The van der Waals surface area contributed by atoms with Crippen LogP contribution in [-0.2, 0) is 6.42 Å². The van der Waals surface area contributed by atoms with Gasteiger partial charge in [-0.3, -0.25) is 0 Å². The van der Waals surface area contributed by atoms with E-state index in [0.29, 0.717) is 0 Å². The fourth-order valence-electron chi connectivity index (χ4n) is 4.83. The van der Waals surface area contributed by atoms with Crippen LogP contribution in [0.15, 0.2) is 60.7 Å². The van der Waals surface area contributed by atoms with Crippen LogP contribution in [0, 0.1) is 11.8 Å². The first-order chi connectivity index (χ1) is 12.4. The van der Waals surface area contributed by atoms with Crippen LogP contribution in [0.2, 0.25) is 0 Å². The molecule has 0 heteroatoms. The number of benzene rings is 2. The normalized spacial score (nSPS) is 21.8. The van der Waals surface area contributed by atoms with Gasteiger partial charge in [-0.1, -0.05) is 99.7 Å². The summed E-state index contributed by atoms with van der Waals surface area (Å²) in [5.41, 5.74) is 3.08. The second-order valence-corrected chi connectivity index (χ2v) is 7.96. The third-order valence-electron chi connectivity index (χ3n) is 6.21. The Morgan fingerprint density at radius 1 is 0.840 bits per heavy atom. The molecular weight excluding hydrogens is 300 g/mol. The topological polar surface area (TPSA) is 0 Å². The Bertz CT molecular complexity index is 586. The van der Waals surface area contributed by atoms with Gasteiger partial charge in [0.2, 0.25) is 0 Å². The van der Waals surface area contributed by atoms with Crippen LogP contribution < -0.4 is 0 Å². The summed E-state index contributed by atoms with van der Waals surface area (Å²) >= 11 is 0. The van der Waals surface area contributed by atoms with Crippen molar-refractivity contribution in [3.05, 3.63) is 71.8 Å². The minimum absolute atomic E-state index is 0.758. The number of aryl methyl sites for hydroxylation is 1. The van der Waals surface area contributed by atoms with E-state index in [2.05, 4.69) is 67.6 Å². The molecule has 25 heavy (non-hydrogen) atoms. The average molecular weight is 335 g/mol. The smallest absolute Gasteiger partial charge is 0.0159 e. The Kier molecular flexibility index (Phi) is 7.15. The van der Waals surface area contributed by atoms with Crippen molar-refractivity contribution in [2.45, 2.75) is 70.6 Å². The van der Waals surface area contributed by atoms with E-state index in [0.717, 1.165) is 17.8 Å². The van der Waals surface area contributed by atoms with E-state index in [1.54, 1.807) is 5.56 Å². The van der Waals surface area contributed by atoms with Gasteiger partial charge >= 0.3 is 0 Å². The molecule has 0 spiro atoms. The average Bonchev–Trinajstić information content (AvgIpc) is 2.68. The fraction of sp³-hybridized carbons (Fsp3) is 0.520. The highest BCUT2D eigenvalue weighted by atomic mass is 14.3. The number of hydrogen-bond donors (Lipinski definition) is 0. The molecule has 0 heterocycles. The van der Waals surface area contributed by atoms with Gasteiger partial charge in [0.15, 0.2) is 0 Å². The molecule has 0 amide bonds. The zero-order chi connectivity index (χ0) is 17.3. The Morgan fingerprint density at radius 3 is 2.16 bits per heavy atom. The van der Waals surface area contributed by atoms with Gasteiger partial charge in [0.25, 0.3) is 0 Å². The van der Waals surface area contributed by atoms with Crippen LogP contribution in [-0.4, -0.2) is 0 Å². The highest BCUT2D eigenvalue weighted by Gasteiger charge is 2.27. The first-order valence-corrected chi connectivity index (χ1v) is 10.5. The molecule has 3 atom stereocenters. The summed E-state index contributed by atoms with van der Waals surface area (Å²) in [5, 5.41) is 0. The van der Waals surface area contributed by atoms with Crippen LogP contribution >= 0.6 is 0 Å². The van der Waals surface area contributed by atoms with Gasteiger partial charge in [-0.15, -0.1) is 0 Å². The summed E-state index contributed by atoms with van der Waals surface area (Å²) in [6, 6.07) is 22.4. The first kappa shape index (κ1) is 18.2. The van der Waals surface area contributed by atoms with Gasteiger partial charge < -0.3 is 0 Å². The molecule has 1 fully saturated rings. The van der Waals surface area contributed by atoms with Gasteiger partial charge in [-0.05, 0) is 54.6 Å². The lowest BCUT2D eigenvalue weighted by atomic mass is 9.71. The van der Waals surface area contributed by atoms with Crippen molar-refractivity contribution in [3.8, 4) is 0 Å². The summed E-state index contributed by atoms with van der Waals surface area (Å²) in [7, 11) is 0. The van der Waals surface area contributed by atoms with E-state index in [9.17, 15) is 0 Å². The predicted octanol–water partition coefficient (Wildman–Crippen LogP) is 7.40. The molecule has 0 saturated heterocycles. The number of rotatable bonds is 8. The van der Waals surface area contributed by atoms with E-state index in [1.165, 1.54) is 63.4 Å². The van der Waals surface area contributed by atoms with Gasteiger partial charge in [0.1, 0.15) is 0 Å². The van der Waals surface area contributed by atoms with Crippen molar-refractivity contribution < 1.29 is 0 Å². The number of hydrogen-bond acceptors (Lipinski definition) is 0. The summed E-state index contributed by atoms with van der Waals surface area (Å²) in [6.07, 6.45) is 12.5. The quantitative estimate of drug-likeness (QED) is 0.472. The lowest BCUT2D eigenvalue weighted by molar-refractivity contribution is 0.198. The maximum Gasteiger partial charge on any atom is -0.0159 e. The standard InChI is InChI=1S/C25H34/c1-2-11-24(22-14-7-4-8-15-22)20-25-17-10-9-16-23(25)19-18-21-12-5-3-6-13-21/h3-8,12-15,23-25H,2,9-11,16-20H2,1H3. The molecule has 0 N–H and O–H groups in total. The molecule has 134 valence electrons. The minimum Gasteiger partial charge on any atom is -0.0654 e. The largest absolute Gasteiger partial charge is 0.0654 e. The zero-order valence-corrected chi connectivity index (χ0v) is 15.9. The highest BCUT2D eigenvalue weighted by Crippen LogP contribution is 2.40. The molecule has 0 nitrogen and oxygen atoms in total. The Labute approximate surface area is 154 Å². The third-order valence-corrected chi connectivity index (χ3v) is 6.21. The highest BCUT2D eigenvalue weighted by molar-refractivity contribution is 5.19. The molecule has 0 aliphatic heterocycles. The lowest BCUT2D eigenvalue weighted by Crippen LogP contribution is -2.22. The van der Waals surface area contributed by atoms with Crippen molar-refractivity contribution in [2.24, 2.45) is 11.8 Å². The van der Waals surface area contributed by atoms with Crippen LogP contribution in [0.5, 0.6) is 0 Å². The molecule has 3 unspecified atom stereocenters. The van der Waals surface area contributed by atoms with Crippen molar-refractivity contribution in [2.75, 3.05) is 0 Å². The fourth-order valence-corrected chi connectivity index (χ4v) is 4.83. The van der Waals surface area contributed by atoms with Crippen molar-refractivity contribution in [3.63, 3.8) is 0 Å². The van der Waals surface area contributed by atoms with Gasteiger partial charge in [-0.2, -0.15) is 0 Å². The molecule has 1 aliphatic rings. The van der Waals surface area contributed by atoms with Gasteiger partial charge in [-0.25, -0.2) is 0 Å². The van der Waals surface area contributed by atoms with E-state index in [4.69, 9.17) is 0 Å². The molecule has 1 saturated carbocycles. The molecule has 3 rings (SSSR count). The van der Waals surface area contributed by atoms with Crippen LogP contribution in [0.25, 0.3) is 0 Å². The minimum atomic E-state index is 0.758. The zero-order valence-electron chi connectivity index (χ0n) is 15.9. The van der Waals surface area contributed by atoms with E-state index in [-0.39, 0.29) is 0 Å². The molecule has 0 bridgehead atoms. The van der Waals surface area contributed by atoms with Gasteiger partial charge in [0, 0.05) is 0 Å².